The van der Waals surface area contributed by atoms with Crippen LogP contribution in [-0.4, -0.2) is 23.2 Å². The van der Waals surface area contributed by atoms with Gasteiger partial charge in [-0.1, -0.05) is 30.3 Å². The summed E-state index contributed by atoms with van der Waals surface area (Å²) in [6.07, 6.45) is 0. The van der Waals surface area contributed by atoms with Gasteiger partial charge in [0, 0.05) is 5.56 Å². The van der Waals surface area contributed by atoms with Crippen LogP contribution < -0.4 is 5.32 Å². The highest BCUT2D eigenvalue weighted by Gasteiger charge is 2.19. The summed E-state index contributed by atoms with van der Waals surface area (Å²) in [6, 6.07) is 13.5. The molecule has 94 valence electrons. The molecule has 2 aromatic rings. The van der Waals surface area contributed by atoms with Gasteiger partial charge in [0.2, 0.25) is 0 Å². The molecule has 0 saturated heterocycles. The fourth-order valence-corrected chi connectivity index (χ4v) is 1.75. The molecule has 0 aromatic heterocycles. The highest BCUT2D eigenvalue weighted by Crippen LogP contribution is 2.16. The first kappa shape index (κ1) is 12.6. The number of carbonyl (C=O) groups is 1. The zero-order chi connectivity index (χ0) is 13.2. The Morgan fingerprint density at radius 2 is 1.83 bits per heavy atom. The quantitative estimate of drug-likeness (QED) is 0.869. The van der Waals surface area contributed by atoms with Gasteiger partial charge in [-0.3, -0.25) is 4.79 Å². The van der Waals surface area contributed by atoms with Gasteiger partial charge in [-0.2, -0.15) is 0 Å². The third-order valence-corrected chi connectivity index (χ3v) is 2.86. The molecule has 18 heavy (non-hydrogen) atoms. The summed E-state index contributed by atoms with van der Waals surface area (Å²) in [6.45, 7) is 3.48. The van der Waals surface area contributed by atoms with Gasteiger partial charge in [0.25, 0.3) is 5.91 Å². The summed E-state index contributed by atoms with van der Waals surface area (Å²) in [4.78, 5) is 12.0. The second kappa shape index (κ2) is 4.78. The van der Waals surface area contributed by atoms with E-state index in [1.54, 1.807) is 19.9 Å². The van der Waals surface area contributed by atoms with Gasteiger partial charge < -0.3 is 10.4 Å². The van der Waals surface area contributed by atoms with Crippen molar-refractivity contribution in [2.75, 3.05) is 6.61 Å². The summed E-state index contributed by atoms with van der Waals surface area (Å²) in [5.74, 6) is -0.167. The van der Waals surface area contributed by atoms with E-state index in [1.165, 1.54) is 0 Å². The number of hydrogen-bond donors (Lipinski definition) is 2. The second-order valence-corrected chi connectivity index (χ2v) is 5.06. The van der Waals surface area contributed by atoms with Crippen LogP contribution in [-0.2, 0) is 0 Å². The van der Waals surface area contributed by atoms with Crippen molar-refractivity contribution >= 4 is 16.7 Å². The summed E-state index contributed by atoms with van der Waals surface area (Å²) < 4.78 is 0. The van der Waals surface area contributed by atoms with Crippen molar-refractivity contribution in [3.8, 4) is 0 Å². The van der Waals surface area contributed by atoms with Crippen LogP contribution >= 0.6 is 0 Å². The van der Waals surface area contributed by atoms with Crippen molar-refractivity contribution in [2.24, 2.45) is 0 Å². The molecule has 1 amide bonds. The minimum atomic E-state index is -0.608. The van der Waals surface area contributed by atoms with Crippen LogP contribution in [0.1, 0.15) is 24.2 Å². The van der Waals surface area contributed by atoms with Crippen LogP contribution in [0.25, 0.3) is 10.8 Å². The van der Waals surface area contributed by atoms with Crippen molar-refractivity contribution in [3.05, 3.63) is 48.0 Å². The summed E-state index contributed by atoms with van der Waals surface area (Å²) in [5.41, 5.74) is -0.00171. The smallest absolute Gasteiger partial charge is 0.251 e. The fourth-order valence-electron chi connectivity index (χ4n) is 1.75. The second-order valence-electron chi connectivity index (χ2n) is 5.06. The maximum Gasteiger partial charge on any atom is 0.251 e. The minimum Gasteiger partial charge on any atom is -0.394 e. The molecule has 0 aliphatic rings. The van der Waals surface area contributed by atoms with Crippen LogP contribution in [0.5, 0.6) is 0 Å². The molecule has 0 spiro atoms. The monoisotopic (exact) mass is 243 g/mol. The molecule has 0 fully saturated rings. The lowest BCUT2D eigenvalue weighted by Gasteiger charge is -2.23. The zero-order valence-electron chi connectivity index (χ0n) is 10.6. The number of fused-ring (bicyclic) bond motifs is 1. The third-order valence-electron chi connectivity index (χ3n) is 2.86. The van der Waals surface area contributed by atoms with Crippen LogP contribution in [0.15, 0.2) is 42.5 Å². The van der Waals surface area contributed by atoms with Gasteiger partial charge in [0.15, 0.2) is 0 Å². The highest BCUT2D eigenvalue weighted by atomic mass is 16.3. The number of amides is 1. The van der Waals surface area contributed by atoms with E-state index in [1.807, 2.05) is 36.4 Å². The first-order valence-corrected chi connectivity index (χ1v) is 5.94. The SMILES string of the molecule is CC(C)(CO)NC(=O)c1ccc2ccccc2c1. The lowest BCUT2D eigenvalue weighted by atomic mass is 10.0. The van der Waals surface area contributed by atoms with Gasteiger partial charge in [0.05, 0.1) is 12.1 Å². The Morgan fingerprint density at radius 1 is 1.17 bits per heavy atom. The van der Waals surface area contributed by atoms with Crippen LogP contribution in [0, 0.1) is 0 Å². The van der Waals surface area contributed by atoms with E-state index in [0.717, 1.165) is 10.8 Å². The minimum absolute atomic E-state index is 0.0910. The van der Waals surface area contributed by atoms with Crippen molar-refractivity contribution in [1.82, 2.24) is 5.32 Å². The van der Waals surface area contributed by atoms with E-state index in [4.69, 9.17) is 5.11 Å². The maximum absolute atomic E-state index is 12.0. The predicted octanol–water partition coefficient (Wildman–Crippen LogP) is 2.34. The molecule has 2 aromatic carbocycles. The van der Waals surface area contributed by atoms with Gasteiger partial charge in [-0.05, 0) is 36.8 Å². The predicted molar refractivity (Wildman–Crippen MR) is 72.6 cm³/mol. The molecular weight excluding hydrogens is 226 g/mol. The van der Waals surface area contributed by atoms with Gasteiger partial charge in [0.1, 0.15) is 0 Å². The molecule has 0 aliphatic carbocycles. The summed E-state index contributed by atoms with van der Waals surface area (Å²) in [5, 5.41) is 14.1. The van der Waals surface area contributed by atoms with Gasteiger partial charge >= 0.3 is 0 Å². The lowest BCUT2D eigenvalue weighted by Crippen LogP contribution is -2.46. The number of aliphatic hydroxyl groups is 1. The largest absolute Gasteiger partial charge is 0.394 e. The molecule has 0 unspecified atom stereocenters. The molecule has 2 rings (SSSR count). The van der Waals surface area contributed by atoms with E-state index < -0.39 is 5.54 Å². The Kier molecular flexibility index (Phi) is 3.34. The molecule has 3 heteroatoms. The molecule has 0 radical (unpaired) electrons. The number of hydrogen-bond acceptors (Lipinski definition) is 2. The number of rotatable bonds is 3. The lowest BCUT2D eigenvalue weighted by molar-refractivity contribution is 0.0869. The van der Waals surface area contributed by atoms with E-state index in [-0.39, 0.29) is 12.5 Å². The van der Waals surface area contributed by atoms with Crippen LogP contribution in [0.3, 0.4) is 0 Å². The molecular formula is C15H17NO2. The highest BCUT2D eigenvalue weighted by molar-refractivity contribution is 5.98. The normalized spacial score (nSPS) is 11.5. The van der Waals surface area contributed by atoms with E-state index in [2.05, 4.69) is 5.32 Å². The maximum atomic E-state index is 12.0. The van der Waals surface area contributed by atoms with Crippen molar-refractivity contribution in [2.45, 2.75) is 19.4 Å². The van der Waals surface area contributed by atoms with Gasteiger partial charge in [-0.15, -0.1) is 0 Å². The molecule has 0 bridgehead atoms. The Bertz CT molecular complexity index is 575. The first-order valence-electron chi connectivity index (χ1n) is 5.94. The number of carbonyl (C=O) groups excluding carboxylic acids is 1. The molecule has 0 aliphatic heterocycles. The molecule has 0 heterocycles. The Labute approximate surface area is 106 Å². The van der Waals surface area contributed by atoms with Crippen LogP contribution in [0.4, 0.5) is 0 Å². The number of nitrogens with one attached hydrogen (secondary N) is 1. The average molecular weight is 243 g/mol. The molecule has 0 atom stereocenters. The molecule has 2 N–H and O–H groups in total. The first-order chi connectivity index (χ1) is 8.52. The summed E-state index contributed by atoms with van der Waals surface area (Å²) in [7, 11) is 0. The molecule has 0 saturated carbocycles. The van der Waals surface area contributed by atoms with Gasteiger partial charge in [-0.25, -0.2) is 0 Å². The zero-order valence-corrected chi connectivity index (χ0v) is 10.6. The third kappa shape index (κ3) is 2.68. The van der Waals surface area contributed by atoms with E-state index in [0.29, 0.717) is 5.56 Å². The summed E-state index contributed by atoms with van der Waals surface area (Å²) >= 11 is 0. The van der Waals surface area contributed by atoms with Crippen molar-refractivity contribution in [3.63, 3.8) is 0 Å². The fraction of sp³-hybridized carbons (Fsp3) is 0.267. The van der Waals surface area contributed by atoms with Crippen molar-refractivity contribution < 1.29 is 9.90 Å². The number of benzene rings is 2. The van der Waals surface area contributed by atoms with E-state index >= 15 is 0 Å². The van der Waals surface area contributed by atoms with Crippen molar-refractivity contribution in [1.29, 1.82) is 0 Å². The Morgan fingerprint density at radius 3 is 2.50 bits per heavy atom. The molecule has 3 nitrogen and oxygen atoms in total. The average Bonchev–Trinajstić information content (AvgIpc) is 2.37. The van der Waals surface area contributed by atoms with Crippen LogP contribution in [0.2, 0.25) is 0 Å². The number of aliphatic hydroxyl groups excluding tert-OH is 1. The topological polar surface area (TPSA) is 49.3 Å². The Hall–Kier alpha value is -1.87. The van der Waals surface area contributed by atoms with E-state index in [9.17, 15) is 4.79 Å². The standard InChI is InChI=1S/C15H17NO2/c1-15(2,10-17)16-14(18)13-8-7-11-5-3-4-6-12(11)9-13/h3-9,17H,10H2,1-2H3,(H,16,18). The Balaban J connectivity index is 2.28.